The number of aromatic nitrogens is 1. The molecule has 0 aromatic carbocycles. The fraction of sp³-hybridized carbons (Fsp3) is 0.529. The Labute approximate surface area is 141 Å². The first-order valence-electron chi connectivity index (χ1n) is 8.31. The van der Waals surface area contributed by atoms with E-state index in [1.165, 1.54) is 0 Å². The lowest BCUT2D eigenvalue weighted by molar-refractivity contribution is -0.159. The highest BCUT2D eigenvalue weighted by atomic mass is 16.2. The van der Waals surface area contributed by atoms with Gasteiger partial charge in [-0.05, 0) is 25.0 Å². The molecule has 0 unspecified atom stereocenters. The topological polar surface area (TPSA) is 73.8 Å². The second-order valence-electron chi connectivity index (χ2n) is 6.28. The summed E-state index contributed by atoms with van der Waals surface area (Å²) in [7, 11) is 0. The Balaban J connectivity index is 1.59. The zero-order valence-electron chi connectivity index (χ0n) is 13.9. The van der Waals surface area contributed by atoms with Gasteiger partial charge < -0.3 is 14.7 Å². The van der Waals surface area contributed by atoms with E-state index in [9.17, 15) is 14.4 Å². The van der Waals surface area contributed by atoms with Crippen LogP contribution >= 0.6 is 0 Å². The number of hydrogen-bond acceptors (Lipinski definition) is 4. The van der Waals surface area contributed by atoms with Crippen molar-refractivity contribution < 1.29 is 14.4 Å². The van der Waals surface area contributed by atoms with E-state index >= 15 is 0 Å². The van der Waals surface area contributed by atoms with Gasteiger partial charge in [-0.2, -0.15) is 0 Å². The molecular formula is C17H22N4O3. The maximum atomic E-state index is 12.5. The predicted molar refractivity (Wildman–Crippen MR) is 86.6 cm³/mol. The number of piperidine rings is 1. The van der Waals surface area contributed by atoms with Crippen molar-refractivity contribution in [3.05, 3.63) is 30.1 Å². The van der Waals surface area contributed by atoms with Gasteiger partial charge in [-0.15, -0.1) is 0 Å². The molecule has 24 heavy (non-hydrogen) atoms. The smallest absolute Gasteiger partial charge is 0.312 e. The number of hydrogen-bond donors (Lipinski definition) is 0. The molecule has 3 amide bonds. The van der Waals surface area contributed by atoms with Crippen molar-refractivity contribution in [2.75, 3.05) is 26.2 Å². The average Bonchev–Trinajstić information content (AvgIpc) is 2.60. The van der Waals surface area contributed by atoms with Crippen molar-refractivity contribution in [2.24, 2.45) is 0 Å². The van der Waals surface area contributed by atoms with Gasteiger partial charge in [0.25, 0.3) is 0 Å². The van der Waals surface area contributed by atoms with Crippen molar-refractivity contribution >= 4 is 17.7 Å². The van der Waals surface area contributed by atoms with E-state index in [0.29, 0.717) is 32.7 Å². The summed E-state index contributed by atoms with van der Waals surface area (Å²) in [6, 6.07) is 5.59. The Kier molecular flexibility index (Phi) is 4.78. The summed E-state index contributed by atoms with van der Waals surface area (Å²) in [4.78, 5) is 45.5. The Hall–Kier alpha value is -2.44. The highest BCUT2D eigenvalue weighted by molar-refractivity contribution is 6.35. The Morgan fingerprint density at radius 3 is 2.50 bits per heavy atom. The summed E-state index contributed by atoms with van der Waals surface area (Å²) in [5, 5.41) is 0. The molecule has 0 aliphatic carbocycles. The molecule has 2 aliphatic rings. The fourth-order valence-corrected chi connectivity index (χ4v) is 3.37. The zero-order chi connectivity index (χ0) is 17.1. The molecule has 3 heterocycles. The maximum absolute atomic E-state index is 12.5. The summed E-state index contributed by atoms with van der Waals surface area (Å²) >= 11 is 0. The first-order chi connectivity index (χ1) is 11.6. The second-order valence-corrected chi connectivity index (χ2v) is 6.28. The van der Waals surface area contributed by atoms with Gasteiger partial charge in [0.05, 0.1) is 12.2 Å². The van der Waals surface area contributed by atoms with Gasteiger partial charge in [0.1, 0.15) is 0 Å². The van der Waals surface area contributed by atoms with Crippen LogP contribution in [0.1, 0.15) is 25.5 Å². The Bertz CT molecular complexity index is 626. The number of likely N-dealkylation sites (tertiary alicyclic amines) is 1. The SMILES string of the molecule is CC(=O)N1CCC(N2CCN(Cc3ccccn3)C(=O)C2=O)CC1. The molecule has 1 aromatic heterocycles. The number of carbonyl (C=O) groups excluding carboxylic acids is 3. The average molecular weight is 330 g/mol. The number of rotatable bonds is 3. The van der Waals surface area contributed by atoms with Crippen LogP contribution in [0.3, 0.4) is 0 Å². The van der Waals surface area contributed by atoms with Crippen molar-refractivity contribution in [1.82, 2.24) is 19.7 Å². The van der Waals surface area contributed by atoms with Gasteiger partial charge in [-0.25, -0.2) is 0 Å². The van der Waals surface area contributed by atoms with Crippen LogP contribution in [-0.2, 0) is 20.9 Å². The molecule has 2 saturated heterocycles. The van der Waals surface area contributed by atoms with Crippen LogP contribution in [0.25, 0.3) is 0 Å². The lowest BCUT2D eigenvalue weighted by atomic mass is 10.0. The minimum atomic E-state index is -0.457. The minimum Gasteiger partial charge on any atom is -0.343 e. The second kappa shape index (κ2) is 6.98. The molecule has 0 saturated carbocycles. The lowest BCUT2D eigenvalue weighted by Gasteiger charge is -2.41. The van der Waals surface area contributed by atoms with E-state index in [0.717, 1.165) is 18.5 Å². The third kappa shape index (κ3) is 3.39. The van der Waals surface area contributed by atoms with Gasteiger partial charge in [-0.3, -0.25) is 19.4 Å². The normalized spacial score (nSPS) is 19.8. The van der Waals surface area contributed by atoms with Crippen molar-refractivity contribution in [1.29, 1.82) is 0 Å². The molecule has 7 nitrogen and oxygen atoms in total. The van der Waals surface area contributed by atoms with E-state index in [4.69, 9.17) is 0 Å². The van der Waals surface area contributed by atoms with Crippen LogP contribution in [-0.4, -0.2) is 69.6 Å². The van der Waals surface area contributed by atoms with Crippen LogP contribution in [0.5, 0.6) is 0 Å². The molecule has 1 aromatic rings. The number of nitrogens with zero attached hydrogens (tertiary/aromatic N) is 4. The molecule has 0 atom stereocenters. The molecular weight excluding hydrogens is 308 g/mol. The summed E-state index contributed by atoms with van der Waals surface area (Å²) in [6.45, 7) is 4.29. The van der Waals surface area contributed by atoms with E-state index in [-0.39, 0.29) is 11.9 Å². The number of pyridine rings is 1. The summed E-state index contributed by atoms with van der Waals surface area (Å²) < 4.78 is 0. The monoisotopic (exact) mass is 330 g/mol. The van der Waals surface area contributed by atoms with E-state index < -0.39 is 11.8 Å². The van der Waals surface area contributed by atoms with Gasteiger partial charge in [0.2, 0.25) is 5.91 Å². The first-order valence-corrected chi connectivity index (χ1v) is 8.31. The van der Waals surface area contributed by atoms with Gasteiger partial charge in [-0.1, -0.05) is 6.07 Å². The number of carbonyl (C=O) groups is 3. The van der Waals surface area contributed by atoms with Crippen molar-refractivity contribution in [3.63, 3.8) is 0 Å². The van der Waals surface area contributed by atoms with E-state index in [1.54, 1.807) is 27.8 Å². The zero-order valence-corrected chi connectivity index (χ0v) is 13.9. The van der Waals surface area contributed by atoms with Crippen LogP contribution in [0, 0.1) is 0 Å². The molecule has 2 fully saturated rings. The number of amides is 3. The molecule has 0 bridgehead atoms. The van der Waals surface area contributed by atoms with Crippen molar-refractivity contribution in [2.45, 2.75) is 32.4 Å². The molecule has 3 rings (SSSR count). The maximum Gasteiger partial charge on any atom is 0.312 e. The van der Waals surface area contributed by atoms with Gasteiger partial charge >= 0.3 is 11.8 Å². The molecule has 128 valence electrons. The molecule has 0 N–H and O–H groups in total. The fourth-order valence-electron chi connectivity index (χ4n) is 3.37. The van der Waals surface area contributed by atoms with Crippen LogP contribution < -0.4 is 0 Å². The molecule has 0 radical (unpaired) electrons. The van der Waals surface area contributed by atoms with Crippen LogP contribution in [0.4, 0.5) is 0 Å². The Morgan fingerprint density at radius 1 is 1.12 bits per heavy atom. The van der Waals surface area contributed by atoms with Crippen LogP contribution in [0.2, 0.25) is 0 Å². The highest BCUT2D eigenvalue weighted by Gasteiger charge is 2.37. The first kappa shape index (κ1) is 16.4. The van der Waals surface area contributed by atoms with Gasteiger partial charge in [0.15, 0.2) is 0 Å². The highest BCUT2D eigenvalue weighted by Crippen LogP contribution is 2.20. The predicted octanol–water partition coefficient (Wildman–Crippen LogP) is 0.263. The van der Waals surface area contributed by atoms with Crippen LogP contribution in [0.15, 0.2) is 24.4 Å². The van der Waals surface area contributed by atoms with Gasteiger partial charge in [0, 0.05) is 45.3 Å². The molecule has 0 spiro atoms. The molecule has 7 heteroatoms. The summed E-state index contributed by atoms with van der Waals surface area (Å²) in [6.07, 6.45) is 3.15. The third-order valence-electron chi connectivity index (χ3n) is 4.77. The lowest BCUT2D eigenvalue weighted by Crippen LogP contribution is -2.58. The summed E-state index contributed by atoms with van der Waals surface area (Å²) in [5.74, 6) is -0.824. The Morgan fingerprint density at radius 2 is 1.88 bits per heavy atom. The molecule has 2 aliphatic heterocycles. The standard InChI is InChI=1S/C17H22N4O3/c1-13(22)19-8-5-15(6-9-19)21-11-10-20(16(23)17(21)24)12-14-4-2-3-7-18-14/h2-4,7,15H,5-6,8-12H2,1H3. The minimum absolute atomic E-state index is 0.0500. The third-order valence-corrected chi connectivity index (χ3v) is 4.77. The summed E-state index contributed by atoms with van der Waals surface area (Å²) in [5.41, 5.74) is 0.780. The van der Waals surface area contributed by atoms with Crippen molar-refractivity contribution in [3.8, 4) is 0 Å². The quantitative estimate of drug-likeness (QED) is 0.746. The number of piperazine rings is 1. The van der Waals surface area contributed by atoms with E-state index in [2.05, 4.69) is 4.98 Å². The largest absolute Gasteiger partial charge is 0.343 e. The van der Waals surface area contributed by atoms with E-state index in [1.807, 2.05) is 18.2 Å².